The van der Waals surface area contributed by atoms with Gasteiger partial charge in [0.1, 0.15) is 18.5 Å². The van der Waals surface area contributed by atoms with Gasteiger partial charge in [-0.1, -0.05) is 42.5 Å². The summed E-state index contributed by atoms with van der Waals surface area (Å²) in [7, 11) is 0. The second-order valence-electron chi connectivity index (χ2n) is 6.84. The van der Waals surface area contributed by atoms with Crippen LogP contribution in [-0.2, 0) is 13.2 Å². The molecule has 1 aromatic heterocycles. The minimum Gasteiger partial charge on any atom is -0.490 e. The van der Waals surface area contributed by atoms with Gasteiger partial charge >= 0.3 is 0 Å². The molecule has 26 heavy (non-hydrogen) atoms. The summed E-state index contributed by atoms with van der Waals surface area (Å²) in [6.07, 6.45) is 2.13. The molecule has 3 nitrogen and oxygen atoms in total. The van der Waals surface area contributed by atoms with Crippen molar-refractivity contribution in [3.05, 3.63) is 71.9 Å². The lowest BCUT2D eigenvalue weighted by molar-refractivity contribution is 0.0978. The summed E-state index contributed by atoms with van der Waals surface area (Å²) in [4.78, 5) is 6.81. The SMILES string of the molecule is FCc1cc(OC2CCN(Cc3ccccc3)CC2)c2ccccc2n1. The van der Waals surface area contributed by atoms with Gasteiger partial charge in [0.25, 0.3) is 0 Å². The number of likely N-dealkylation sites (tertiary alicyclic amines) is 1. The van der Waals surface area contributed by atoms with Crippen LogP contribution in [0.1, 0.15) is 24.1 Å². The minimum absolute atomic E-state index is 0.167. The van der Waals surface area contributed by atoms with E-state index < -0.39 is 6.67 Å². The first-order valence-electron chi connectivity index (χ1n) is 9.19. The number of piperidine rings is 1. The first kappa shape index (κ1) is 17.0. The standard InChI is InChI=1S/C22H23FN2O/c23-15-18-14-22(20-8-4-5-9-21(20)24-18)26-19-10-12-25(13-11-19)16-17-6-2-1-3-7-17/h1-9,14,19H,10-13,15-16H2. The van der Waals surface area contributed by atoms with Gasteiger partial charge in [-0.25, -0.2) is 9.37 Å². The van der Waals surface area contributed by atoms with E-state index in [-0.39, 0.29) is 6.10 Å². The molecule has 4 heteroatoms. The van der Waals surface area contributed by atoms with Gasteiger partial charge in [-0.05, 0) is 30.5 Å². The molecule has 3 aromatic rings. The fraction of sp³-hybridized carbons (Fsp3) is 0.318. The van der Waals surface area contributed by atoms with E-state index in [2.05, 4.69) is 34.1 Å². The number of aromatic nitrogens is 1. The normalized spacial score (nSPS) is 16.0. The Hall–Kier alpha value is -2.46. The molecule has 0 spiro atoms. The van der Waals surface area contributed by atoms with Crippen molar-refractivity contribution in [1.82, 2.24) is 9.88 Å². The van der Waals surface area contributed by atoms with Gasteiger partial charge in [0, 0.05) is 31.1 Å². The van der Waals surface area contributed by atoms with Crippen molar-refractivity contribution in [1.29, 1.82) is 0 Å². The molecule has 0 aliphatic carbocycles. The molecule has 2 heterocycles. The Balaban J connectivity index is 1.42. The zero-order valence-corrected chi connectivity index (χ0v) is 14.8. The molecule has 134 valence electrons. The Morgan fingerprint density at radius 3 is 2.50 bits per heavy atom. The predicted octanol–water partition coefficient (Wildman–Crippen LogP) is 4.75. The number of ether oxygens (including phenoxy) is 1. The van der Waals surface area contributed by atoms with Crippen LogP contribution in [0.3, 0.4) is 0 Å². The van der Waals surface area contributed by atoms with E-state index in [1.807, 2.05) is 30.3 Å². The van der Waals surface area contributed by atoms with E-state index in [0.29, 0.717) is 5.69 Å². The maximum absolute atomic E-state index is 13.1. The van der Waals surface area contributed by atoms with Gasteiger partial charge in [0.05, 0.1) is 11.2 Å². The first-order valence-corrected chi connectivity index (χ1v) is 9.19. The highest BCUT2D eigenvalue weighted by Crippen LogP contribution is 2.28. The van der Waals surface area contributed by atoms with Crippen molar-refractivity contribution < 1.29 is 9.13 Å². The number of fused-ring (bicyclic) bond motifs is 1. The van der Waals surface area contributed by atoms with Crippen molar-refractivity contribution in [2.75, 3.05) is 13.1 Å². The Morgan fingerprint density at radius 1 is 1.00 bits per heavy atom. The zero-order valence-electron chi connectivity index (χ0n) is 14.8. The molecule has 0 saturated carbocycles. The third kappa shape index (κ3) is 3.86. The van der Waals surface area contributed by atoms with Crippen molar-refractivity contribution in [2.45, 2.75) is 32.2 Å². The number of hydrogen-bond acceptors (Lipinski definition) is 3. The average Bonchev–Trinajstić information content (AvgIpc) is 2.70. The summed E-state index contributed by atoms with van der Waals surface area (Å²) in [5.41, 5.74) is 2.57. The number of alkyl halides is 1. The van der Waals surface area contributed by atoms with Crippen LogP contribution in [0, 0.1) is 0 Å². The highest BCUT2D eigenvalue weighted by molar-refractivity contribution is 5.85. The van der Waals surface area contributed by atoms with Crippen molar-refractivity contribution in [2.24, 2.45) is 0 Å². The van der Waals surface area contributed by atoms with Crippen LogP contribution >= 0.6 is 0 Å². The molecule has 0 bridgehead atoms. The molecule has 0 radical (unpaired) electrons. The van der Waals surface area contributed by atoms with Crippen molar-refractivity contribution in [3.8, 4) is 5.75 Å². The van der Waals surface area contributed by atoms with Crippen LogP contribution in [0.2, 0.25) is 0 Å². The fourth-order valence-electron chi connectivity index (χ4n) is 3.57. The third-order valence-electron chi connectivity index (χ3n) is 4.95. The molecule has 1 saturated heterocycles. The summed E-state index contributed by atoms with van der Waals surface area (Å²) in [5, 5.41) is 0.955. The monoisotopic (exact) mass is 350 g/mol. The van der Waals surface area contributed by atoms with Crippen LogP contribution in [0.25, 0.3) is 10.9 Å². The Morgan fingerprint density at radius 2 is 1.73 bits per heavy atom. The summed E-state index contributed by atoms with van der Waals surface area (Å²) in [6, 6.07) is 20.1. The minimum atomic E-state index is -0.573. The van der Waals surface area contributed by atoms with Crippen LogP contribution < -0.4 is 4.74 Å². The largest absolute Gasteiger partial charge is 0.490 e. The molecule has 1 fully saturated rings. The van der Waals surface area contributed by atoms with Gasteiger partial charge in [0.2, 0.25) is 0 Å². The number of rotatable bonds is 5. The highest BCUT2D eigenvalue weighted by Gasteiger charge is 2.21. The molecule has 2 aromatic carbocycles. The molecular weight excluding hydrogens is 327 g/mol. The summed E-state index contributed by atoms with van der Waals surface area (Å²) in [5.74, 6) is 0.754. The molecule has 0 atom stereocenters. The topological polar surface area (TPSA) is 25.4 Å². The number of benzene rings is 2. The van der Waals surface area contributed by atoms with Crippen LogP contribution in [0.15, 0.2) is 60.7 Å². The Kier molecular flexibility index (Phi) is 5.12. The fourth-order valence-corrected chi connectivity index (χ4v) is 3.57. The summed E-state index contributed by atoms with van der Waals surface area (Å²) >= 11 is 0. The molecule has 1 aliphatic rings. The molecule has 1 aliphatic heterocycles. The van der Waals surface area contributed by atoms with E-state index >= 15 is 0 Å². The second kappa shape index (κ2) is 7.83. The number of para-hydroxylation sites is 1. The molecule has 0 unspecified atom stereocenters. The molecule has 0 N–H and O–H groups in total. The summed E-state index contributed by atoms with van der Waals surface area (Å²) < 4.78 is 19.4. The van der Waals surface area contributed by atoms with E-state index in [0.717, 1.165) is 49.1 Å². The van der Waals surface area contributed by atoms with Gasteiger partial charge in [-0.2, -0.15) is 0 Å². The molecular formula is C22H23FN2O. The average molecular weight is 350 g/mol. The van der Waals surface area contributed by atoms with Crippen molar-refractivity contribution in [3.63, 3.8) is 0 Å². The van der Waals surface area contributed by atoms with E-state index in [1.165, 1.54) is 5.56 Å². The lowest BCUT2D eigenvalue weighted by Crippen LogP contribution is -2.37. The van der Waals surface area contributed by atoms with E-state index in [9.17, 15) is 4.39 Å². The van der Waals surface area contributed by atoms with Gasteiger partial charge < -0.3 is 4.74 Å². The van der Waals surface area contributed by atoms with Crippen LogP contribution in [-0.4, -0.2) is 29.1 Å². The van der Waals surface area contributed by atoms with Gasteiger partial charge in [-0.15, -0.1) is 0 Å². The Bertz CT molecular complexity index is 860. The van der Waals surface area contributed by atoms with Crippen LogP contribution in [0.5, 0.6) is 5.75 Å². The quantitative estimate of drug-likeness (QED) is 0.664. The lowest BCUT2D eigenvalue weighted by atomic mass is 10.1. The molecule has 0 amide bonds. The van der Waals surface area contributed by atoms with Gasteiger partial charge in [0.15, 0.2) is 0 Å². The van der Waals surface area contributed by atoms with Crippen molar-refractivity contribution >= 4 is 10.9 Å². The maximum Gasteiger partial charge on any atom is 0.132 e. The van der Waals surface area contributed by atoms with E-state index in [1.54, 1.807) is 6.07 Å². The predicted molar refractivity (Wildman–Crippen MR) is 102 cm³/mol. The third-order valence-corrected chi connectivity index (χ3v) is 4.95. The van der Waals surface area contributed by atoms with Gasteiger partial charge in [-0.3, -0.25) is 4.90 Å². The second-order valence-corrected chi connectivity index (χ2v) is 6.84. The summed E-state index contributed by atoms with van der Waals surface area (Å²) in [6.45, 7) is 2.44. The Labute approximate surface area is 153 Å². The number of hydrogen-bond donors (Lipinski definition) is 0. The number of halogens is 1. The maximum atomic E-state index is 13.1. The smallest absolute Gasteiger partial charge is 0.132 e. The highest BCUT2D eigenvalue weighted by atomic mass is 19.1. The van der Waals surface area contributed by atoms with E-state index in [4.69, 9.17) is 4.74 Å². The number of nitrogens with zero attached hydrogens (tertiary/aromatic N) is 2. The van der Waals surface area contributed by atoms with Crippen LogP contribution in [0.4, 0.5) is 4.39 Å². The lowest BCUT2D eigenvalue weighted by Gasteiger charge is -2.32. The zero-order chi connectivity index (χ0) is 17.8. The molecule has 4 rings (SSSR count). The number of pyridine rings is 1. The first-order chi connectivity index (χ1) is 12.8.